The van der Waals surface area contributed by atoms with Crippen LogP contribution in [-0.2, 0) is 0 Å². The van der Waals surface area contributed by atoms with Gasteiger partial charge in [-0.3, -0.25) is 0 Å². The average molecular weight is 271 g/mol. The lowest BCUT2D eigenvalue weighted by Crippen LogP contribution is -2.28. The first-order valence-corrected chi connectivity index (χ1v) is 6.89. The first kappa shape index (κ1) is 15.3. The van der Waals surface area contributed by atoms with Gasteiger partial charge in [-0.05, 0) is 43.8 Å². The lowest BCUT2D eigenvalue weighted by Gasteiger charge is -2.09. The summed E-state index contributed by atoms with van der Waals surface area (Å²) in [4.78, 5) is 0. The molecular weight excluding hydrogens is 248 g/mol. The van der Waals surface area contributed by atoms with Crippen LogP contribution in [0.4, 0.5) is 0 Å². The van der Waals surface area contributed by atoms with Gasteiger partial charge in [-0.25, -0.2) is 0 Å². The SMILES string of the molecule is CC(C)NCCCNCCOc1ccc(Cl)cc1. The van der Waals surface area contributed by atoms with E-state index in [4.69, 9.17) is 16.3 Å². The van der Waals surface area contributed by atoms with Crippen LogP contribution in [0.15, 0.2) is 24.3 Å². The maximum Gasteiger partial charge on any atom is 0.119 e. The molecule has 0 amide bonds. The second-order valence-corrected chi connectivity index (χ2v) is 4.95. The summed E-state index contributed by atoms with van der Waals surface area (Å²) in [5.74, 6) is 0.864. The van der Waals surface area contributed by atoms with E-state index in [2.05, 4.69) is 24.5 Å². The number of halogens is 1. The summed E-state index contributed by atoms with van der Waals surface area (Å²) in [7, 11) is 0. The zero-order chi connectivity index (χ0) is 13.2. The Morgan fingerprint density at radius 3 is 2.50 bits per heavy atom. The molecule has 4 heteroatoms. The van der Waals surface area contributed by atoms with Crippen LogP contribution in [-0.4, -0.2) is 32.3 Å². The third-order valence-corrected chi connectivity index (χ3v) is 2.70. The molecule has 1 aromatic carbocycles. The molecule has 0 aromatic heterocycles. The molecule has 0 aliphatic carbocycles. The van der Waals surface area contributed by atoms with Gasteiger partial charge in [0.15, 0.2) is 0 Å². The molecule has 0 saturated heterocycles. The molecule has 0 bridgehead atoms. The van der Waals surface area contributed by atoms with Gasteiger partial charge >= 0.3 is 0 Å². The molecule has 0 aliphatic rings. The van der Waals surface area contributed by atoms with Crippen LogP contribution in [0.25, 0.3) is 0 Å². The number of hydrogen-bond donors (Lipinski definition) is 2. The Bertz CT molecular complexity index is 314. The van der Waals surface area contributed by atoms with Crippen molar-refractivity contribution in [1.82, 2.24) is 10.6 Å². The predicted octanol–water partition coefficient (Wildman–Crippen LogP) is 2.70. The predicted molar refractivity (Wildman–Crippen MR) is 77.6 cm³/mol. The number of benzene rings is 1. The maximum absolute atomic E-state index is 5.79. The van der Waals surface area contributed by atoms with Gasteiger partial charge in [0, 0.05) is 17.6 Å². The van der Waals surface area contributed by atoms with Crippen molar-refractivity contribution in [3.05, 3.63) is 29.3 Å². The van der Waals surface area contributed by atoms with Gasteiger partial charge < -0.3 is 15.4 Å². The van der Waals surface area contributed by atoms with E-state index in [-0.39, 0.29) is 0 Å². The molecule has 0 radical (unpaired) electrons. The van der Waals surface area contributed by atoms with Gasteiger partial charge in [-0.15, -0.1) is 0 Å². The first-order valence-electron chi connectivity index (χ1n) is 6.51. The maximum atomic E-state index is 5.79. The van der Waals surface area contributed by atoms with Gasteiger partial charge in [0.05, 0.1) is 0 Å². The largest absolute Gasteiger partial charge is 0.492 e. The Labute approximate surface area is 115 Å². The van der Waals surface area contributed by atoms with E-state index in [1.54, 1.807) is 0 Å². The van der Waals surface area contributed by atoms with E-state index in [0.717, 1.165) is 36.8 Å². The van der Waals surface area contributed by atoms with Crippen molar-refractivity contribution in [2.75, 3.05) is 26.2 Å². The fourth-order valence-electron chi connectivity index (χ4n) is 1.50. The summed E-state index contributed by atoms with van der Waals surface area (Å²) >= 11 is 5.79. The Kier molecular flexibility index (Phi) is 7.81. The topological polar surface area (TPSA) is 33.3 Å². The van der Waals surface area contributed by atoms with Crippen LogP contribution in [0.5, 0.6) is 5.75 Å². The highest BCUT2D eigenvalue weighted by atomic mass is 35.5. The average Bonchev–Trinajstić information content (AvgIpc) is 2.34. The van der Waals surface area contributed by atoms with Crippen molar-refractivity contribution in [1.29, 1.82) is 0 Å². The molecular formula is C14H23ClN2O. The molecule has 2 N–H and O–H groups in total. The standard InChI is InChI=1S/C14H23ClN2O/c1-12(2)17-9-3-8-16-10-11-18-14-6-4-13(15)5-7-14/h4-7,12,16-17H,3,8-11H2,1-2H3. The fourth-order valence-corrected chi connectivity index (χ4v) is 1.63. The number of rotatable bonds is 9. The van der Waals surface area contributed by atoms with Crippen LogP contribution in [0.3, 0.4) is 0 Å². The molecule has 1 rings (SSSR count). The molecule has 0 unspecified atom stereocenters. The van der Waals surface area contributed by atoms with Crippen molar-refractivity contribution in [2.24, 2.45) is 0 Å². The molecule has 102 valence electrons. The zero-order valence-electron chi connectivity index (χ0n) is 11.2. The summed E-state index contributed by atoms with van der Waals surface area (Å²) in [5.41, 5.74) is 0. The number of hydrogen-bond acceptors (Lipinski definition) is 3. The van der Waals surface area contributed by atoms with Gasteiger partial charge in [0.25, 0.3) is 0 Å². The monoisotopic (exact) mass is 270 g/mol. The number of nitrogens with one attached hydrogen (secondary N) is 2. The van der Waals surface area contributed by atoms with Crippen LogP contribution >= 0.6 is 11.6 Å². The van der Waals surface area contributed by atoms with Crippen LogP contribution in [0, 0.1) is 0 Å². The Hall–Kier alpha value is -0.770. The third-order valence-electron chi connectivity index (χ3n) is 2.44. The zero-order valence-corrected chi connectivity index (χ0v) is 12.0. The second kappa shape index (κ2) is 9.20. The normalized spacial score (nSPS) is 10.9. The Balaban J connectivity index is 1.94. The molecule has 1 aromatic rings. The molecule has 0 heterocycles. The molecule has 0 aliphatic heterocycles. The Morgan fingerprint density at radius 2 is 1.83 bits per heavy atom. The van der Waals surface area contributed by atoms with Crippen molar-refractivity contribution in [2.45, 2.75) is 26.3 Å². The number of ether oxygens (including phenoxy) is 1. The summed E-state index contributed by atoms with van der Waals surface area (Å²) in [5, 5.41) is 7.47. The van der Waals surface area contributed by atoms with Gasteiger partial charge in [-0.1, -0.05) is 25.4 Å². The fraction of sp³-hybridized carbons (Fsp3) is 0.571. The molecule has 0 saturated carbocycles. The van der Waals surface area contributed by atoms with Gasteiger partial charge in [-0.2, -0.15) is 0 Å². The third kappa shape index (κ3) is 7.54. The summed E-state index contributed by atoms with van der Waals surface area (Å²) < 4.78 is 5.57. The lowest BCUT2D eigenvalue weighted by atomic mass is 10.3. The summed E-state index contributed by atoms with van der Waals surface area (Å²) in [6.07, 6.45) is 1.14. The van der Waals surface area contributed by atoms with Crippen LogP contribution < -0.4 is 15.4 Å². The second-order valence-electron chi connectivity index (χ2n) is 4.51. The van der Waals surface area contributed by atoms with Crippen molar-refractivity contribution in [3.63, 3.8) is 0 Å². The van der Waals surface area contributed by atoms with Gasteiger partial charge in [0.1, 0.15) is 12.4 Å². The van der Waals surface area contributed by atoms with E-state index >= 15 is 0 Å². The van der Waals surface area contributed by atoms with Crippen molar-refractivity contribution >= 4 is 11.6 Å². The molecule has 0 fully saturated rings. The van der Waals surface area contributed by atoms with Gasteiger partial charge in [0.2, 0.25) is 0 Å². The van der Waals surface area contributed by atoms with E-state index in [1.165, 1.54) is 0 Å². The van der Waals surface area contributed by atoms with E-state index in [9.17, 15) is 0 Å². The van der Waals surface area contributed by atoms with E-state index in [0.29, 0.717) is 12.6 Å². The molecule has 0 spiro atoms. The van der Waals surface area contributed by atoms with E-state index < -0.39 is 0 Å². The minimum Gasteiger partial charge on any atom is -0.492 e. The molecule has 0 atom stereocenters. The first-order chi connectivity index (χ1) is 8.68. The van der Waals surface area contributed by atoms with E-state index in [1.807, 2.05) is 24.3 Å². The highest BCUT2D eigenvalue weighted by molar-refractivity contribution is 6.30. The quantitative estimate of drug-likeness (QED) is 0.677. The van der Waals surface area contributed by atoms with Crippen molar-refractivity contribution < 1.29 is 4.74 Å². The lowest BCUT2D eigenvalue weighted by molar-refractivity contribution is 0.313. The smallest absolute Gasteiger partial charge is 0.119 e. The van der Waals surface area contributed by atoms with Crippen LogP contribution in [0.2, 0.25) is 5.02 Å². The summed E-state index contributed by atoms with van der Waals surface area (Å²) in [6, 6.07) is 8.01. The summed E-state index contributed by atoms with van der Waals surface area (Å²) in [6.45, 7) is 7.94. The van der Waals surface area contributed by atoms with Crippen molar-refractivity contribution in [3.8, 4) is 5.75 Å². The minimum atomic E-state index is 0.568. The Morgan fingerprint density at radius 1 is 1.11 bits per heavy atom. The highest BCUT2D eigenvalue weighted by Gasteiger charge is 1.94. The molecule has 3 nitrogen and oxygen atoms in total. The van der Waals surface area contributed by atoms with Crippen LogP contribution in [0.1, 0.15) is 20.3 Å². The minimum absolute atomic E-state index is 0.568. The highest BCUT2D eigenvalue weighted by Crippen LogP contribution is 2.14. The molecule has 18 heavy (non-hydrogen) atoms.